The molecule has 0 aliphatic rings. The van der Waals surface area contributed by atoms with E-state index in [-0.39, 0.29) is 11.5 Å². The minimum atomic E-state index is -0.219. The predicted molar refractivity (Wildman–Crippen MR) is 157 cm³/mol. The standard InChI is InChI=1S/C31H28BrN3O3/c1-4-20(2)30-34-27-16-15-24(32)17-26(27)31(36)35(30)33-18-22-11-8-14-28(37-3)29(22)38-19-23-12-7-10-21-9-5-6-13-25(21)23/h5-18,20H,4,19H2,1-3H3/t20-/m1/s1. The van der Waals surface area contributed by atoms with Gasteiger partial charge in [0.2, 0.25) is 0 Å². The molecule has 1 heterocycles. The lowest BCUT2D eigenvalue weighted by Crippen LogP contribution is -2.23. The second-order valence-electron chi connectivity index (χ2n) is 9.11. The van der Waals surface area contributed by atoms with Gasteiger partial charge >= 0.3 is 0 Å². The fraction of sp³-hybridized carbons (Fsp3) is 0.194. The topological polar surface area (TPSA) is 65.7 Å². The number of ether oxygens (including phenoxy) is 2. The van der Waals surface area contributed by atoms with Crippen LogP contribution in [0.1, 0.15) is 43.1 Å². The molecule has 0 N–H and O–H groups in total. The van der Waals surface area contributed by atoms with E-state index < -0.39 is 0 Å². The van der Waals surface area contributed by atoms with Crippen molar-refractivity contribution in [2.45, 2.75) is 32.8 Å². The number of benzene rings is 4. The molecule has 5 aromatic rings. The molecule has 0 spiro atoms. The Bertz CT molecular complexity index is 1710. The minimum absolute atomic E-state index is 0.0419. The predicted octanol–water partition coefficient (Wildman–Crippen LogP) is 7.30. The third-order valence-electron chi connectivity index (χ3n) is 6.68. The van der Waals surface area contributed by atoms with E-state index in [2.05, 4.69) is 52.2 Å². The molecule has 7 heteroatoms. The minimum Gasteiger partial charge on any atom is -0.493 e. The van der Waals surface area contributed by atoms with E-state index in [9.17, 15) is 4.79 Å². The second kappa shape index (κ2) is 11.2. The summed E-state index contributed by atoms with van der Waals surface area (Å²) >= 11 is 3.46. The molecule has 5 rings (SSSR count). The largest absolute Gasteiger partial charge is 0.493 e. The molecule has 1 aromatic heterocycles. The van der Waals surface area contributed by atoms with Crippen molar-refractivity contribution in [1.29, 1.82) is 0 Å². The van der Waals surface area contributed by atoms with Gasteiger partial charge in [-0.2, -0.15) is 9.78 Å². The van der Waals surface area contributed by atoms with Crippen molar-refractivity contribution in [2.75, 3.05) is 7.11 Å². The number of methoxy groups -OCH3 is 1. The van der Waals surface area contributed by atoms with Crippen LogP contribution in [-0.4, -0.2) is 23.0 Å². The fourth-order valence-corrected chi connectivity index (χ4v) is 4.78. The number of rotatable bonds is 8. The molecule has 0 radical (unpaired) electrons. The molecular weight excluding hydrogens is 542 g/mol. The Morgan fingerprint density at radius 2 is 1.82 bits per heavy atom. The maximum absolute atomic E-state index is 13.5. The number of fused-ring (bicyclic) bond motifs is 2. The van der Waals surface area contributed by atoms with Gasteiger partial charge in [0.05, 0.1) is 24.2 Å². The first-order valence-corrected chi connectivity index (χ1v) is 13.3. The van der Waals surface area contributed by atoms with E-state index in [1.807, 2.05) is 55.5 Å². The SMILES string of the molecule is CC[C@@H](C)c1nc2ccc(Br)cc2c(=O)n1N=Cc1cccc(OC)c1OCc1cccc2ccccc12. The van der Waals surface area contributed by atoms with Gasteiger partial charge in [0.1, 0.15) is 12.4 Å². The third-order valence-corrected chi connectivity index (χ3v) is 7.17. The highest BCUT2D eigenvalue weighted by Gasteiger charge is 2.16. The Labute approximate surface area is 229 Å². The summed E-state index contributed by atoms with van der Waals surface area (Å²) < 4.78 is 14.2. The molecule has 0 fully saturated rings. The number of aromatic nitrogens is 2. The van der Waals surface area contributed by atoms with E-state index >= 15 is 0 Å². The van der Waals surface area contributed by atoms with Crippen LogP contribution in [0, 0.1) is 0 Å². The molecule has 0 unspecified atom stereocenters. The second-order valence-corrected chi connectivity index (χ2v) is 10.0. The van der Waals surface area contributed by atoms with E-state index in [0.29, 0.717) is 40.4 Å². The summed E-state index contributed by atoms with van der Waals surface area (Å²) in [6.07, 6.45) is 2.46. The Balaban J connectivity index is 1.56. The van der Waals surface area contributed by atoms with Crippen LogP contribution in [-0.2, 0) is 6.61 Å². The summed E-state index contributed by atoms with van der Waals surface area (Å²) in [5.74, 6) is 1.80. The summed E-state index contributed by atoms with van der Waals surface area (Å²) in [5.41, 5.74) is 2.20. The molecule has 38 heavy (non-hydrogen) atoms. The number of para-hydroxylation sites is 1. The van der Waals surface area contributed by atoms with Crippen LogP contribution >= 0.6 is 15.9 Å². The third kappa shape index (κ3) is 5.07. The number of hydrogen-bond acceptors (Lipinski definition) is 5. The van der Waals surface area contributed by atoms with Crippen LogP contribution in [0.2, 0.25) is 0 Å². The first-order valence-electron chi connectivity index (χ1n) is 12.5. The highest BCUT2D eigenvalue weighted by atomic mass is 79.9. The summed E-state index contributed by atoms with van der Waals surface area (Å²) in [5, 5.41) is 7.43. The normalized spacial score (nSPS) is 12.3. The molecule has 0 saturated heterocycles. The molecule has 192 valence electrons. The Hall–Kier alpha value is -3.97. The van der Waals surface area contributed by atoms with Gasteiger partial charge in [-0.05, 0) is 53.1 Å². The van der Waals surface area contributed by atoms with Crippen molar-refractivity contribution in [3.05, 3.63) is 111 Å². The lowest BCUT2D eigenvalue weighted by Gasteiger charge is -2.15. The summed E-state index contributed by atoms with van der Waals surface area (Å²) in [6.45, 7) is 4.47. The van der Waals surface area contributed by atoms with Crippen LogP contribution < -0.4 is 15.0 Å². The van der Waals surface area contributed by atoms with Gasteiger partial charge in [-0.15, -0.1) is 0 Å². The highest BCUT2D eigenvalue weighted by Crippen LogP contribution is 2.32. The molecule has 4 aromatic carbocycles. The van der Waals surface area contributed by atoms with E-state index in [1.165, 1.54) is 4.68 Å². The van der Waals surface area contributed by atoms with Crippen molar-refractivity contribution in [1.82, 2.24) is 9.66 Å². The molecule has 6 nitrogen and oxygen atoms in total. The van der Waals surface area contributed by atoms with Crippen LogP contribution in [0.5, 0.6) is 11.5 Å². The van der Waals surface area contributed by atoms with Gasteiger partial charge in [-0.3, -0.25) is 4.79 Å². The van der Waals surface area contributed by atoms with Crippen molar-refractivity contribution in [2.24, 2.45) is 5.10 Å². The van der Waals surface area contributed by atoms with Crippen molar-refractivity contribution >= 4 is 43.8 Å². The molecule has 0 amide bonds. The van der Waals surface area contributed by atoms with Gasteiger partial charge in [-0.25, -0.2) is 4.98 Å². The molecule has 0 saturated carbocycles. The van der Waals surface area contributed by atoms with Crippen LogP contribution in [0.4, 0.5) is 0 Å². The number of halogens is 1. The zero-order chi connectivity index (χ0) is 26.6. The van der Waals surface area contributed by atoms with Crippen molar-refractivity contribution in [3.8, 4) is 11.5 Å². The number of nitrogens with zero attached hydrogens (tertiary/aromatic N) is 3. The van der Waals surface area contributed by atoms with E-state index in [4.69, 9.17) is 14.5 Å². The quantitative estimate of drug-likeness (QED) is 0.184. The fourth-order valence-electron chi connectivity index (χ4n) is 4.42. The zero-order valence-electron chi connectivity index (χ0n) is 21.5. The Morgan fingerprint density at radius 3 is 2.63 bits per heavy atom. The first-order chi connectivity index (χ1) is 18.5. The zero-order valence-corrected chi connectivity index (χ0v) is 23.1. The number of hydrogen-bond donors (Lipinski definition) is 0. The van der Waals surface area contributed by atoms with E-state index in [1.54, 1.807) is 19.4 Å². The lowest BCUT2D eigenvalue weighted by molar-refractivity contribution is 0.285. The molecule has 0 aliphatic carbocycles. The maximum Gasteiger partial charge on any atom is 0.282 e. The van der Waals surface area contributed by atoms with Crippen LogP contribution in [0.15, 0.2) is 93.2 Å². The lowest BCUT2D eigenvalue weighted by atomic mass is 10.1. The Kier molecular flexibility index (Phi) is 7.56. The summed E-state index contributed by atoms with van der Waals surface area (Å²) in [4.78, 5) is 18.3. The average molecular weight is 570 g/mol. The van der Waals surface area contributed by atoms with Crippen molar-refractivity contribution < 1.29 is 9.47 Å². The smallest absolute Gasteiger partial charge is 0.282 e. The molecule has 1 atom stereocenters. The Morgan fingerprint density at radius 1 is 1.03 bits per heavy atom. The molecule has 0 aliphatic heterocycles. The van der Waals surface area contributed by atoms with Crippen LogP contribution in [0.25, 0.3) is 21.7 Å². The van der Waals surface area contributed by atoms with Gasteiger partial charge in [0.25, 0.3) is 5.56 Å². The van der Waals surface area contributed by atoms with Crippen molar-refractivity contribution in [3.63, 3.8) is 0 Å². The highest BCUT2D eigenvalue weighted by molar-refractivity contribution is 9.10. The summed E-state index contributed by atoms with van der Waals surface area (Å²) in [7, 11) is 1.61. The van der Waals surface area contributed by atoms with E-state index in [0.717, 1.165) is 27.2 Å². The maximum atomic E-state index is 13.5. The van der Waals surface area contributed by atoms with Gasteiger partial charge in [-0.1, -0.05) is 78.3 Å². The summed E-state index contributed by atoms with van der Waals surface area (Å²) in [6, 6.07) is 25.5. The van der Waals surface area contributed by atoms with Gasteiger partial charge in [0, 0.05) is 16.0 Å². The van der Waals surface area contributed by atoms with Gasteiger partial charge in [0.15, 0.2) is 11.5 Å². The molecule has 0 bridgehead atoms. The average Bonchev–Trinajstić information content (AvgIpc) is 2.95. The van der Waals surface area contributed by atoms with Gasteiger partial charge < -0.3 is 9.47 Å². The monoisotopic (exact) mass is 569 g/mol. The van der Waals surface area contributed by atoms with Crippen LogP contribution in [0.3, 0.4) is 0 Å². The molecular formula is C31H28BrN3O3. The first kappa shape index (κ1) is 25.7.